The lowest BCUT2D eigenvalue weighted by Crippen LogP contribution is -2.53. The van der Waals surface area contributed by atoms with Gasteiger partial charge < -0.3 is 19.7 Å². The van der Waals surface area contributed by atoms with Gasteiger partial charge >= 0.3 is 12.3 Å². The van der Waals surface area contributed by atoms with E-state index in [1.54, 1.807) is 0 Å². The Bertz CT molecular complexity index is 518. The van der Waals surface area contributed by atoms with Crippen molar-refractivity contribution in [1.29, 1.82) is 0 Å². The first kappa shape index (κ1) is 11.2. The number of fused-ring (bicyclic) bond motifs is 1. The van der Waals surface area contributed by atoms with Gasteiger partial charge in [0.25, 0.3) is 0 Å². The molecule has 0 radical (unpaired) electrons. The summed E-state index contributed by atoms with van der Waals surface area (Å²) in [5.74, 6) is 4.57. The van der Waals surface area contributed by atoms with Gasteiger partial charge in [0.2, 0.25) is 0 Å². The maximum atomic E-state index is 10.9. The van der Waals surface area contributed by atoms with Gasteiger partial charge in [-0.3, -0.25) is 0 Å². The van der Waals surface area contributed by atoms with Crippen LogP contribution in [0, 0.1) is 47.3 Å². The Hall–Kier alpha value is -1.46. The Labute approximate surface area is 115 Å². The Morgan fingerprint density at radius 1 is 0.700 bits per heavy atom. The molecule has 6 bridgehead atoms. The minimum atomic E-state index is -1.26. The number of hydrogen-bond acceptors (Lipinski definition) is 4. The maximum absolute atomic E-state index is 10.9. The van der Waals surface area contributed by atoms with Crippen LogP contribution in [0.1, 0.15) is 12.8 Å². The first-order valence-electron chi connectivity index (χ1n) is 7.37. The Kier molecular flexibility index (Phi) is 1.81. The normalized spacial score (nSPS) is 59.4. The SMILES string of the molecule is O=C(O)OC1CC(OC(=O)O)C2C1C1C3CC4C3C2C41. The van der Waals surface area contributed by atoms with Gasteiger partial charge in [-0.1, -0.05) is 0 Å². The molecular formula is C14H16O6. The minimum absolute atomic E-state index is 0.194. The smallest absolute Gasteiger partial charge is 0.450 e. The monoisotopic (exact) mass is 280 g/mol. The van der Waals surface area contributed by atoms with Crippen LogP contribution in [0.5, 0.6) is 0 Å². The van der Waals surface area contributed by atoms with Crippen molar-refractivity contribution in [3.8, 4) is 0 Å². The molecule has 6 aliphatic rings. The van der Waals surface area contributed by atoms with E-state index in [4.69, 9.17) is 19.7 Å². The Balaban J connectivity index is 1.47. The summed E-state index contributed by atoms with van der Waals surface area (Å²) in [4.78, 5) is 21.7. The molecule has 0 aromatic heterocycles. The van der Waals surface area contributed by atoms with E-state index in [0.717, 1.165) is 17.8 Å². The van der Waals surface area contributed by atoms with Crippen LogP contribution in [0.25, 0.3) is 0 Å². The van der Waals surface area contributed by atoms with Crippen LogP contribution >= 0.6 is 0 Å². The van der Waals surface area contributed by atoms with Crippen molar-refractivity contribution in [2.24, 2.45) is 47.3 Å². The van der Waals surface area contributed by atoms with Gasteiger partial charge in [0.05, 0.1) is 0 Å². The van der Waals surface area contributed by atoms with E-state index < -0.39 is 12.3 Å². The molecule has 0 spiro atoms. The van der Waals surface area contributed by atoms with Gasteiger partial charge in [0, 0.05) is 18.3 Å². The summed E-state index contributed by atoms with van der Waals surface area (Å²) in [6, 6.07) is 0. The lowest BCUT2D eigenvalue weighted by molar-refractivity contribution is -0.108. The molecule has 0 saturated heterocycles. The van der Waals surface area contributed by atoms with Crippen LogP contribution in [0.2, 0.25) is 0 Å². The molecule has 6 saturated carbocycles. The topological polar surface area (TPSA) is 93.1 Å². The number of rotatable bonds is 2. The average molecular weight is 280 g/mol. The molecule has 108 valence electrons. The van der Waals surface area contributed by atoms with Crippen molar-refractivity contribution in [2.45, 2.75) is 25.0 Å². The lowest BCUT2D eigenvalue weighted by Gasteiger charge is -2.56. The number of carbonyl (C=O) groups is 2. The van der Waals surface area contributed by atoms with Gasteiger partial charge in [0.1, 0.15) is 12.2 Å². The Morgan fingerprint density at radius 2 is 1.20 bits per heavy atom. The first-order valence-corrected chi connectivity index (χ1v) is 7.37. The fraction of sp³-hybridized carbons (Fsp3) is 0.857. The molecule has 10 atom stereocenters. The highest BCUT2D eigenvalue weighted by Crippen LogP contribution is 2.85. The maximum Gasteiger partial charge on any atom is 0.506 e. The van der Waals surface area contributed by atoms with Crippen molar-refractivity contribution in [2.75, 3.05) is 0 Å². The highest BCUT2D eigenvalue weighted by atomic mass is 16.7. The molecule has 6 fully saturated rings. The summed E-state index contributed by atoms with van der Waals surface area (Å²) >= 11 is 0. The van der Waals surface area contributed by atoms with E-state index in [1.165, 1.54) is 6.42 Å². The molecule has 20 heavy (non-hydrogen) atoms. The zero-order valence-corrected chi connectivity index (χ0v) is 10.7. The third-order valence-corrected chi connectivity index (χ3v) is 7.02. The molecule has 2 N–H and O–H groups in total. The van der Waals surface area contributed by atoms with E-state index in [1.807, 2.05) is 0 Å². The standard InChI is InChI=1S/C14H16O6/c15-13(16)19-5-2-6(20-14(17)18)11-10(5)8-3-1-4-7(3)12(11)9(4)8/h3-12H,1-2H2,(H,15,16)(H,17,18). The fourth-order valence-electron chi connectivity index (χ4n) is 6.99. The van der Waals surface area contributed by atoms with Gasteiger partial charge in [-0.25, -0.2) is 9.59 Å². The second-order valence-corrected chi connectivity index (χ2v) is 7.11. The van der Waals surface area contributed by atoms with Gasteiger partial charge in [0.15, 0.2) is 0 Å². The van der Waals surface area contributed by atoms with Gasteiger partial charge in [-0.05, 0) is 41.9 Å². The van der Waals surface area contributed by atoms with E-state index in [0.29, 0.717) is 24.2 Å². The molecule has 6 nitrogen and oxygen atoms in total. The van der Waals surface area contributed by atoms with Crippen LogP contribution < -0.4 is 0 Å². The molecule has 0 aromatic rings. The summed E-state index contributed by atoms with van der Waals surface area (Å²) in [5.41, 5.74) is 0. The summed E-state index contributed by atoms with van der Waals surface area (Å²) < 4.78 is 10.1. The predicted molar refractivity (Wildman–Crippen MR) is 62.9 cm³/mol. The second kappa shape index (κ2) is 3.23. The molecule has 0 amide bonds. The third kappa shape index (κ3) is 1.02. The number of ether oxygens (including phenoxy) is 2. The van der Waals surface area contributed by atoms with Crippen LogP contribution in [0.4, 0.5) is 9.59 Å². The van der Waals surface area contributed by atoms with E-state index in [9.17, 15) is 9.59 Å². The zero-order chi connectivity index (χ0) is 13.8. The van der Waals surface area contributed by atoms with Gasteiger partial charge in [-0.2, -0.15) is 0 Å². The van der Waals surface area contributed by atoms with E-state index >= 15 is 0 Å². The molecule has 0 heterocycles. The van der Waals surface area contributed by atoms with Crippen LogP contribution in [-0.4, -0.2) is 34.7 Å². The molecular weight excluding hydrogens is 264 g/mol. The van der Waals surface area contributed by atoms with Crippen molar-refractivity contribution in [1.82, 2.24) is 0 Å². The summed E-state index contributed by atoms with van der Waals surface area (Å²) in [6.45, 7) is 0. The predicted octanol–water partition coefficient (Wildman–Crippen LogP) is 1.89. The largest absolute Gasteiger partial charge is 0.506 e. The first-order chi connectivity index (χ1) is 9.58. The molecule has 6 aliphatic carbocycles. The van der Waals surface area contributed by atoms with Crippen molar-refractivity contribution < 1.29 is 29.3 Å². The second-order valence-electron chi connectivity index (χ2n) is 7.11. The number of carboxylic acid groups (broad SMARTS) is 2. The lowest BCUT2D eigenvalue weighted by atomic mass is 9.49. The van der Waals surface area contributed by atoms with Crippen molar-refractivity contribution in [3.05, 3.63) is 0 Å². The Morgan fingerprint density at radius 3 is 1.75 bits per heavy atom. The molecule has 10 unspecified atom stereocenters. The summed E-state index contributed by atoms with van der Waals surface area (Å²) in [6.07, 6.45) is -1.57. The highest BCUT2D eigenvalue weighted by molar-refractivity contribution is 5.58. The molecule has 0 aromatic carbocycles. The van der Waals surface area contributed by atoms with Crippen molar-refractivity contribution in [3.63, 3.8) is 0 Å². The number of hydrogen-bond donors (Lipinski definition) is 2. The van der Waals surface area contributed by atoms with Crippen LogP contribution in [-0.2, 0) is 9.47 Å². The van der Waals surface area contributed by atoms with Gasteiger partial charge in [-0.15, -0.1) is 0 Å². The summed E-state index contributed by atoms with van der Waals surface area (Å²) in [5, 5.41) is 17.8. The molecule has 0 aliphatic heterocycles. The molecule has 6 heteroatoms. The fourth-order valence-corrected chi connectivity index (χ4v) is 6.99. The highest BCUT2D eigenvalue weighted by Gasteiger charge is 2.83. The zero-order valence-electron chi connectivity index (χ0n) is 10.7. The molecule has 6 rings (SSSR count). The van der Waals surface area contributed by atoms with Crippen LogP contribution in [0.15, 0.2) is 0 Å². The quantitative estimate of drug-likeness (QED) is 0.750. The van der Waals surface area contributed by atoms with E-state index in [-0.39, 0.29) is 24.0 Å². The van der Waals surface area contributed by atoms with E-state index in [2.05, 4.69) is 0 Å². The minimum Gasteiger partial charge on any atom is -0.450 e. The summed E-state index contributed by atoms with van der Waals surface area (Å²) in [7, 11) is 0. The third-order valence-electron chi connectivity index (χ3n) is 7.02. The van der Waals surface area contributed by atoms with Crippen LogP contribution in [0.3, 0.4) is 0 Å². The average Bonchev–Trinajstić information content (AvgIpc) is 2.99. The van der Waals surface area contributed by atoms with Crippen molar-refractivity contribution >= 4 is 12.3 Å².